The SMILES string of the molecule is CC(C)(C)C1COC(C2=C(P(c3ccccc3)c3ccccc3)C=CC2)=N1. The monoisotopic (exact) mass is 375 g/mol. The molecule has 0 amide bonds. The van der Waals surface area contributed by atoms with Gasteiger partial charge >= 0.3 is 0 Å². The molecule has 0 N–H and O–H groups in total. The van der Waals surface area contributed by atoms with Gasteiger partial charge in [0, 0.05) is 5.57 Å². The lowest BCUT2D eigenvalue weighted by molar-refractivity contribution is 0.235. The van der Waals surface area contributed by atoms with Crippen molar-refractivity contribution in [1.82, 2.24) is 0 Å². The van der Waals surface area contributed by atoms with Crippen LogP contribution in [0.2, 0.25) is 0 Å². The molecule has 4 rings (SSSR count). The number of hydrogen-bond acceptors (Lipinski definition) is 2. The predicted octanol–water partition coefficient (Wildman–Crippen LogP) is 5.18. The lowest BCUT2D eigenvalue weighted by Gasteiger charge is -2.22. The van der Waals surface area contributed by atoms with Gasteiger partial charge in [0.2, 0.25) is 5.90 Å². The Morgan fingerprint density at radius 1 is 0.926 bits per heavy atom. The smallest absolute Gasteiger partial charge is 0.213 e. The number of aliphatic imine (C=N–C) groups is 1. The van der Waals surface area contributed by atoms with Crippen molar-refractivity contribution in [3.63, 3.8) is 0 Å². The van der Waals surface area contributed by atoms with Crippen LogP contribution >= 0.6 is 7.92 Å². The molecule has 0 fully saturated rings. The number of benzene rings is 2. The maximum absolute atomic E-state index is 6.09. The van der Waals surface area contributed by atoms with E-state index in [0.717, 1.165) is 12.3 Å². The maximum Gasteiger partial charge on any atom is 0.213 e. The summed E-state index contributed by atoms with van der Waals surface area (Å²) in [6, 6.07) is 21.9. The molecule has 0 saturated carbocycles. The van der Waals surface area contributed by atoms with Gasteiger partial charge in [-0.15, -0.1) is 0 Å². The predicted molar refractivity (Wildman–Crippen MR) is 116 cm³/mol. The van der Waals surface area contributed by atoms with E-state index in [1.807, 2.05) is 0 Å². The van der Waals surface area contributed by atoms with Crippen LogP contribution in [0.15, 0.2) is 88.7 Å². The zero-order valence-electron chi connectivity index (χ0n) is 16.2. The van der Waals surface area contributed by atoms with Gasteiger partial charge in [-0.1, -0.05) is 93.6 Å². The summed E-state index contributed by atoms with van der Waals surface area (Å²) in [5, 5.41) is 4.10. The molecule has 3 heteroatoms. The third kappa shape index (κ3) is 3.77. The molecule has 1 heterocycles. The Kier molecular flexibility index (Phi) is 5.02. The average Bonchev–Trinajstić information content (AvgIpc) is 3.33. The summed E-state index contributed by atoms with van der Waals surface area (Å²) in [5.41, 5.74) is 1.39. The van der Waals surface area contributed by atoms with Gasteiger partial charge in [-0.3, -0.25) is 0 Å². The third-order valence-corrected chi connectivity index (χ3v) is 7.62. The fourth-order valence-electron chi connectivity index (χ4n) is 3.46. The Balaban J connectivity index is 1.79. The highest BCUT2D eigenvalue weighted by atomic mass is 31.1. The second-order valence-electron chi connectivity index (χ2n) is 8.10. The zero-order chi connectivity index (χ0) is 18.9. The molecule has 2 aliphatic rings. The minimum Gasteiger partial charge on any atom is -0.475 e. The fourth-order valence-corrected chi connectivity index (χ4v) is 5.97. The van der Waals surface area contributed by atoms with Gasteiger partial charge in [0.25, 0.3) is 0 Å². The van der Waals surface area contributed by atoms with Crippen LogP contribution in [0.4, 0.5) is 0 Å². The van der Waals surface area contributed by atoms with Crippen molar-refractivity contribution in [2.45, 2.75) is 33.2 Å². The minimum absolute atomic E-state index is 0.123. The van der Waals surface area contributed by atoms with Crippen LogP contribution in [0.5, 0.6) is 0 Å². The van der Waals surface area contributed by atoms with Crippen LogP contribution in [0.25, 0.3) is 0 Å². The van der Waals surface area contributed by atoms with Crippen molar-refractivity contribution < 1.29 is 4.74 Å². The van der Waals surface area contributed by atoms with Gasteiger partial charge in [0.1, 0.15) is 6.61 Å². The Labute approximate surface area is 163 Å². The molecule has 2 aromatic carbocycles. The lowest BCUT2D eigenvalue weighted by atomic mass is 9.88. The van der Waals surface area contributed by atoms with Gasteiger partial charge in [-0.05, 0) is 35.7 Å². The highest BCUT2D eigenvalue weighted by molar-refractivity contribution is 7.77. The molecule has 1 unspecified atom stereocenters. The van der Waals surface area contributed by atoms with E-state index in [0.29, 0.717) is 6.61 Å². The summed E-state index contributed by atoms with van der Waals surface area (Å²) in [5.74, 6) is 0.856. The summed E-state index contributed by atoms with van der Waals surface area (Å²) in [4.78, 5) is 4.97. The molecule has 1 aliphatic heterocycles. The van der Waals surface area contributed by atoms with Crippen molar-refractivity contribution in [2.75, 3.05) is 6.61 Å². The van der Waals surface area contributed by atoms with Crippen LogP contribution in [-0.2, 0) is 4.74 Å². The molecule has 0 radical (unpaired) electrons. The van der Waals surface area contributed by atoms with E-state index in [1.54, 1.807) is 0 Å². The first-order valence-electron chi connectivity index (χ1n) is 9.55. The van der Waals surface area contributed by atoms with Gasteiger partial charge in [0.15, 0.2) is 0 Å². The molecule has 138 valence electrons. The maximum atomic E-state index is 6.09. The highest BCUT2D eigenvalue weighted by Gasteiger charge is 2.33. The summed E-state index contributed by atoms with van der Waals surface area (Å²) in [6.07, 6.45) is 5.45. The van der Waals surface area contributed by atoms with Crippen molar-refractivity contribution in [2.24, 2.45) is 10.4 Å². The molecule has 2 nitrogen and oxygen atoms in total. The van der Waals surface area contributed by atoms with E-state index in [4.69, 9.17) is 9.73 Å². The van der Waals surface area contributed by atoms with E-state index >= 15 is 0 Å². The molecular formula is C24H26NOP. The van der Waals surface area contributed by atoms with E-state index in [1.165, 1.54) is 21.5 Å². The van der Waals surface area contributed by atoms with Crippen LogP contribution < -0.4 is 10.6 Å². The van der Waals surface area contributed by atoms with Gasteiger partial charge in [0.05, 0.1) is 6.04 Å². The van der Waals surface area contributed by atoms with Crippen molar-refractivity contribution in [3.05, 3.63) is 83.7 Å². The molecule has 2 aromatic rings. The molecule has 1 atom stereocenters. The normalized spacial score (nSPS) is 19.6. The summed E-state index contributed by atoms with van der Waals surface area (Å²) in [6.45, 7) is 7.38. The van der Waals surface area contributed by atoms with Crippen molar-refractivity contribution >= 4 is 24.4 Å². The number of ether oxygens (including phenoxy) is 1. The second kappa shape index (κ2) is 7.44. The fraction of sp³-hybridized carbons (Fsp3) is 0.292. The Morgan fingerprint density at radius 2 is 1.52 bits per heavy atom. The summed E-state index contributed by atoms with van der Waals surface area (Å²) >= 11 is 0. The summed E-state index contributed by atoms with van der Waals surface area (Å²) in [7, 11) is -0.618. The largest absolute Gasteiger partial charge is 0.475 e. The molecule has 0 spiro atoms. The van der Waals surface area contributed by atoms with Crippen molar-refractivity contribution in [1.29, 1.82) is 0 Å². The molecule has 1 aliphatic carbocycles. The molecule has 0 aromatic heterocycles. The molecule has 0 bridgehead atoms. The van der Waals surface area contributed by atoms with Gasteiger partial charge in [-0.25, -0.2) is 4.99 Å². The third-order valence-electron chi connectivity index (χ3n) is 5.09. The molecule has 27 heavy (non-hydrogen) atoms. The van der Waals surface area contributed by atoms with Crippen LogP contribution in [-0.4, -0.2) is 18.5 Å². The van der Waals surface area contributed by atoms with E-state index in [9.17, 15) is 0 Å². The first-order chi connectivity index (χ1) is 13.0. The second-order valence-corrected chi connectivity index (χ2v) is 10.3. The van der Waals surface area contributed by atoms with Crippen LogP contribution in [0.3, 0.4) is 0 Å². The van der Waals surface area contributed by atoms with Crippen LogP contribution in [0.1, 0.15) is 27.2 Å². The lowest BCUT2D eigenvalue weighted by Crippen LogP contribution is -2.25. The minimum atomic E-state index is -0.618. The Morgan fingerprint density at radius 3 is 2.04 bits per heavy atom. The Bertz CT molecular complexity index is 851. The molecular weight excluding hydrogens is 349 g/mol. The van der Waals surface area contributed by atoms with Gasteiger partial charge < -0.3 is 4.74 Å². The first-order valence-corrected chi connectivity index (χ1v) is 10.9. The number of rotatable bonds is 4. The molecule has 0 saturated heterocycles. The number of allylic oxidation sites excluding steroid dienone is 3. The Hall–Kier alpha value is -2.18. The van der Waals surface area contributed by atoms with Crippen LogP contribution in [0, 0.1) is 5.41 Å². The van der Waals surface area contributed by atoms with E-state index < -0.39 is 7.92 Å². The zero-order valence-corrected chi connectivity index (χ0v) is 17.1. The average molecular weight is 375 g/mol. The van der Waals surface area contributed by atoms with E-state index in [2.05, 4.69) is 93.6 Å². The van der Waals surface area contributed by atoms with Crippen molar-refractivity contribution in [3.8, 4) is 0 Å². The standard InChI is InChI=1S/C24H26NOP/c1-24(2,3)22-17-26-23(25-22)20-15-10-16-21(20)27(18-11-6-4-7-12-18)19-13-8-5-9-14-19/h4-14,16,22H,15,17H2,1-3H3. The first kappa shape index (κ1) is 18.2. The summed E-state index contributed by atoms with van der Waals surface area (Å²) < 4.78 is 6.09. The van der Waals surface area contributed by atoms with E-state index in [-0.39, 0.29) is 11.5 Å². The van der Waals surface area contributed by atoms with Gasteiger partial charge in [-0.2, -0.15) is 0 Å². The number of nitrogens with zero attached hydrogens (tertiary/aromatic N) is 1. The number of hydrogen-bond donors (Lipinski definition) is 0. The topological polar surface area (TPSA) is 21.6 Å². The quantitative estimate of drug-likeness (QED) is 0.675. The highest BCUT2D eigenvalue weighted by Crippen LogP contribution is 2.48.